The normalized spacial score (nSPS) is 11.2. The van der Waals surface area contributed by atoms with Crippen LogP contribution in [0.4, 0.5) is 5.69 Å². The molecule has 0 bridgehead atoms. The topological polar surface area (TPSA) is 44.7 Å². The quantitative estimate of drug-likeness (QED) is 0.636. The minimum absolute atomic E-state index is 0.146. The number of carbonyl (C=O) groups excluding carboxylic acids is 1. The van der Waals surface area contributed by atoms with Crippen LogP contribution >= 0.6 is 0 Å². The molecule has 0 radical (unpaired) electrons. The molecule has 0 aliphatic carbocycles. The van der Waals surface area contributed by atoms with Gasteiger partial charge in [-0.15, -0.1) is 0 Å². The van der Waals surface area contributed by atoms with Crippen molar-refractivity contribution in [1.29, 1.82) is 0 Å². The Balaban J connectivity index is 2.63. The number of nitrogens with zero attached hydrogens (tertiary/aromatic N) is 2. The highest BCUT2D eigenvalue weighted by Gasteiger charge is 1.99. The predicted octanol–water partition coefficient (Wildman–Crippen LogP) is 1.81. The van der Waals surface area contributed by atoms with Gasteiger partial charge in [-0.05, 0) is 24.6 Å². The van der Waals surface area contributed by atoms with E-state index in [2.05, 4.69) is 39.7 Å². The molecule has 0 unspecified atom stereocenters. The molecule has 1 N–H and O–H groups in total. The third-order valence-corrected chi connectivity index (χ3v) is 2.32. The highest BCUT2D eigenvalue weighted by atomic mass is 16.2. The van der Waals surface area contributed by atoms with E-state index in [9.17, 15) is 4.79 Å². The van der Waals surface area contributed by atoms with Crippen molar-refractivity contribution in [1.82, 2.24) is 5.43 Å². The lowest BCUT2D eigenvalue weighted by atomic mass is 10.1. The lowest BCUT2D eigenvalue weighted by molar-refractivity contribution is -0.118. The van der Waals surface area contributed by atoms with Crippen LogP contribution in [0, 0.1) is 0 Å². The first kappa shape index (κ1) is 13.2. The summed E-state index contributed by atoms with van der Waals surface area (Å²) in [6.07, 6.45) is 0.744. The van der Waals surface area contributed by atoms with Gasteiger partial charge in [-0.2, -0.15) is 5.10 Å². The molecule has 0 heterocycles. The molecule has 4 heteroatoms. The van der Waals surface area contributed by atoms with Gasteiger partial charge >= 0.3 is 0 Å². The first-order valence-corrected chi connectivity index (χ1v) is 5.55. The molecule has 0 fully saturated rings. The Kier molecular flexibility index (Phi) is 4.69. The van der Waals surface area contributed by atoms with Crippen molar-refractivity contribution < 1.29 is 4.79 Å². The zero-order valence-electron chi connectivity index (χ0n) is 10.8. The van der Waals surface area contributed by atoms with Gasteiger partial charge in [0.05, 0.1) is 0 Å². The molecule has 0 spiro atoms. The van der Waals surface area contributed by atoms with E-state index in [0.717, 1.165) is 12.1 Å². The first-order valence-electron chi connectivity index (χ1n) is 5.55. The Hall–Kier alpha value is -1.84. The van der Waals surface area contributed by atoms with Crippen molar-refractivity contribution in [2.24, 2.45) is 5.10 Å². The van der Waals surface area contributed by atoms with Gasteiger partial charge in [-0.25, -0.2) is 5.43 Å². The molecule has 1 aromatic carbocycles. The largest absolute Gasteiger partial charge is 0.378 e. The molecule has 0 saturated carbocycles. The number of hydrogen-bond donors (Lipinski definition) is 1. The molecule has 17 heavy (non-hydrogen) atoms. The smallest absolute Gasteiger partial charge is 0.236 e. The van der Waals surface area contributed by atoms with Gasteiger partial charge < -0.3 is 4.90 Å². The maximum atomic E-state index is 10.7. The molecule has 0 aliphatic rings. The summed E-state index contributed by atoms with van der Waals surface area (Å²) in [5.74, 6) is -0.146. The summed E-state index contributed by atoms with van der Waals surface area (Å²) >= 11 is 0. The molecule has 0 atom stereocenters. The summed E-state index contributed by atoms with van der Waals surface area (Å²) < 4.78 is 0. The number of benzene rings is 1. The number of hydrazone groups is 1. The van der Waals surface area contributed by atoms with Crippen molar-refractivity contribution in [3.05, 3.63) is 29.8 Å². The van der Waals surface area contributed by atoms with Gasteiger partial charge in [-0.1, -0.05) is 12.1 Å². The van der Waals surface area contributed by atoms with Crippen LogP contribution in [0.2, 0.25) is 0 Å². The highest BCUT2D eigenvalue weighted by molar-refractivity contribution is 5.85. The maximum Gasteiger partial charge on any atom is 0.236 e. The number of carbonyl (C=O) groups is 1. The third kappa shape index (κ3) is 4.68. The van der Waals surface area contributed by atoms with Gasteiger partial charge in [0.1, 0.15) is 0 Å². The predicted molar refractivity (Wildman–Crippen MR) is 71.4 cm³/mol. The highest BCUT2D eigenvalue weighted by Crippen LogP contribution is 2.12. The van der Waals surface area contributed by atoms with Crippen LogP contribution in [0.1, 0.15) is 19.4 Å². The standard InChI is InChI=1S/C13H19N3O/c1-10(14-15-11(2)17)9-12-5-7-13(8-6-12)16(3)4/h5-8H,9H2,1-4H3,(H,15,17)/b14-10+. The first-order chi connectivity index (χ1) is 7.99. The molecule has 1 aromatic rings. The number of rotatable bonds is 4. The van der Waals surface area contributed by atoms with Gasteiger partial charge in [0, 0.05) is 38.8 Å². The van der Waals surface area contributed by atoms with E-state index in [1.54, 1.807) is 0 Å². The summed E-state index contributed by atoms with van der Waals surface area (Å²) in [7, 11) is 4.02. The summed E-state index contributed by atoms with van der Waals surface area (Å²) in [4.78, 5) is 12.8. The van der Waals surface area contributed by atoms with E-state index in [-0.39, 0.29) is 5.91 Å². The number of anilines is 1. The molecule has 4 nitrogen and oxygen atoms in total. The van der Waals surface area contributed by atoms with Crippen molar-refractivity contribution in [2.45, 2.75) is 20.3 Å². The third-order valence-electron chi connectivity index (χ3n) is 2.32. The Morgan fingerprint density at radius 1 is 1.24 bits per heavy atom. The molecule has 0 aliphatic heterocycles. The monoisotopic (exact) mass is 233 g/mol. The Morgan fingerprint density at radius 2 is 1.82 bits per heavy atom. The van der Waals surface area contributed by atoms with Gasteiger partial charge in [0.15, 0.2) is 0 Å². The zero-order valence-corrected chi connectivity index (χ0v) is 10.8. The van der Waals surface area contributed by atoms with Crippen molar-refractivity contribution in [3.8, 4) is 0 Å². The van der Waals surface area contributed by atoms with Crippen molar-refractivity contribution in [2.75, 3.05) is 19.0 Å². The second-order valence-electron chi connectivity index (χ2n) is 4.25. The molecular formula is C13H19N3O. The SMILES string of the molecule is CC(=O)N/N=C(\C)Cc1ccc(N(C)C)cc1. The Morgan fingerprint density at radius 3 is 2.29 bits per heavy atom. The summed E-state index contributed by atoms with van der Waals surface area (Å²) in [6.45, 7) is 3.35. The molecule has 92 valence electrons. The van der Waals surface area contributed by atoms with Crippen molar-refractivity contribution in [3.63, 3.8) is 0 Å². The summed E-state index contributed by atoms with van der Waals surface area (Å²) in [6, 6.07) is 8.28. The van der Waals surface area contributed by atoms with Crippen LogP contribution in [-0.4, -0.2) is 25.7 Å². The average molecular weight is 233 g/mol. The Bertz CT molecular complexity index is 407. The van der Waals surface area contributed by atoms with E-state index < -0.39 is 0 Å². The van der Waals surface area contributed by atoms with E-state index in [1.807, 2.05) is 21.0 Å². The fourth-order valence-corrected chi connectivity index (χ4v) is 1.42. The van der Waals surface area contributed by atoms with Gasteiger partial charge in [-0.3, -0.25) is 4.79 Å². The maximum absolute atomic E-state index is 10.7. The second-order valence-corrected chi connectivity index (χ2v) is 4.25. The molecule has 0 aromatic heterocycles. The van der Waals surface area contributed by atoms with Gasteiger partial charge in [0.2, 0.25) is 5.91 Å². The number of amides is 1. The van der Waals surface area contributed by atoms with E-state index in [0.29, 0.717) is 0 Å². The minimum Gasteiger partial charge on any atom is -0.378 e. The van der Waals surface area contributed by atoms with Crippen LogP contribution in [0.25, 0.3) is 0 Å². The van der Waals surface area contributed by atoms with Crippen LogP contribution in [0.3, 0.4) is 0 Å². The fourth-order valence-electron chi connectivity index (χ4n) is 1.42. The van der Waals surface area contributed by atoms with Crippen LogP contribution in [0.15, 0.2) is 29.4 Å². The van der Waals surface area contributed by atoms with E-state index in [1.165, 1.54) is 18.2 Å². The molecule has 1 rings (SSSR count). The minimum atomic E-state index is -0.146. The molecular weight excluding hydrogens is 214 g/mol. The van der Waals surface area contributed by atoms with Crippen LogP contribution < -0.4 is 10.3 Å². The van der Waals surface area contributed by atoms with Gasteiger partial charge in [0.25, 0.3) is 0 Å². The van der Waals surface area contributed by atoms with E-state index >= 15 is 0 Å². The number of hydrogen-bond acceptors (Lipinski definition) is 3. The molecule has 1 amide bonds. The van der Waals surface area contributed by atoms with Crippen LogP contribution in [-0.2, 0) is 11.2 Å². The lowest BCUT2D eigenvalue weighted by Gasteiger charge is -2.12. The average Bonchev–Trinajstić information content (AvgIpc) is 2.27. The van der Waals surface area contributed by atoms with Crippen molar-refractivity contribution >= 4 is 17.3 Å². The zero-order chi connectivity index (χ0) is 12.8. The summed E-state index contributed by atoms with van der Waals surface area (Å²) in [5.41, 5.74) is 5.68. The fraction of sp³-hybridized carbons (Fsp3) is 0.385. The van der Waals surface area contributed by atoms with Crippen LogP contribution in [0.5, 0.6) is 0 Å². The molecule has 0 saturated heterocycles. The van der Waals surface area contributed by atoms with E-state index in [4.69, 9.17) is 0 Å². The second kappa shape index (κ2) is 6.03. The Labute approximate surface area is 102 Å². The lowest BCUT2D eigenvalue weighted by Crippen LogP contribution is -2.15. The summed E-state index contributed by atoms with van der Waals surface area (Å²) in [5, 5.41) is 3.98. The number of nitrogens with one attached hydrogen (secondary N) is 1.